The first-order valence-electron chi connectivity index (χ1n) is 5.67. The van der Waals surface area contributed by atoms with Crippen LogP contribution < -0.4 is 0 Å². The van der Waals surface area contributed by atoms with E-state index in [0.29, 0.717) is 5.41 Å². The summed E-state index contributed by atoms with van der Waals surface area (Å²) in [5.41, 5.74) is 0.416. The maximum Gasteiger partial charge on any atom is -0.0121 e. The van der Waals surface area contributed by atoms with Crippen LogP contribution in [0.3, 0.4) is 0 Å². The van der Waals surface area contributed by atoms with Crippen LogP contribution in [0.4, 0.5) is 0 Å². The van der Waals surface area contributed by atoms with Crippen LogP contribution >= 0.6 is 0 Å². The average Bonchev–Trinajstić information content (AvgIpc) is 2.82. The van der Waals surface area contributed by atoms with Crippen molar-refractivity contribution in [2.45, 2.75) is 47.0 Å². The van der Waals surface area contributed by atoms with E-state index in [4.69, 9.17) is 0 Å². The van der Waals surface area contributed by atoms with Gasteiger partial charge in [0.25, 0.3) is 0 Å². The fourth-order valence-electron chi connectivity index (χ4n) is 2.48. The van der Waals surface area contributed by atoms with Crippen molar-refractivity contribution in [3.8, 4) is 0 Å². The van der Waals surface area contributed by atoms with Gasteiger partial charge in [-0.15, -0.1) is 6.58 Å². The Kier molecular flexibility index (Phi) is 3.21. The zero-order valence-electron chi connectivity index (χ0n) is 9.64. The molecule has 0 aromatic carbocycles. The van der Waals surface area contributed by atoms with Crippen LogP contribution in [-0.4, -0.2) is 0 Å². The van der Waals surface area contributed by atoms with Crippen molar-refractivity contribution in [2.75, 3.05) is 0 Å². The highest BCUT2D eigenvalue weighted by Crippen LogP contribution is 2.55. The molecule has 1 saturated carbocycles. The third kappa shape index (κ3) is 2.36. The molecule has 1 aliphatic carbocycles. The molecule has 0 heteroatoms. The standard InChI is InChI=1S/C13H24/c1-6-13(5,7-2)12-9-11(12)8-10(3)4/h6,10-12H,1,7-9H2,2-5H3. The highest BCUT2D eigenvalue weighted by Gasteiger charge is 2.47. The Morgan fingerprint density at radius 1 is 1.54 bits per heavy atom. The number of hydrogen-bond acceptors (Lipinski definition) is 0. The Labute approximate surface area is 83.4 Å². The van der Waals surface area contributed by atoms with Crippen molar-refractivity contribution < 1.29 is 0 Å². The topological polar surface area (TPSA) is 0 Å². The van der Waals surface area contributed by atoms with Crippen LogP contribution in [0.15, 0.2) is 12.7 Å². The molecule has 3 atom stereocenters. The minimum Gasteiger partial charge on any atom is -0.103 e. The summed E-state index contributed by atoms with van der Waals surface area (Å²) < 4.78 is 0. The van der Waals surface area contributed by atoms with E-state index in [-0.39, 0.29) is 0 Å². The first kappa shape index (κ1) is 10.8. The van der Waals surface area contributed by atoms with Gasteiger partial charge in [-0.3, -0.25) is 0 Å². The lowest BCUT2D eigenvalue weighted by Gasteiger charge is -2.24. The van der Waals surface area contributed by atoms with Gasteiger partial charge in [-0.1, -0.05) is 33.8 Å². The second-order valence-electron chi connectivity index (χ2n) is 5.30. The van der Waals surface area contributed by atoms with Gasteiger partial charge in [-0.25, -0.2) is 0 Å². The van der Waals surface area contributed by atoms with E-state index < -0.39 is 0 Å². The van der Waals surface area contributed by atoms with Crippen molar-refractivity contribution in [3.05, 3.63) is 12.7 Å². The molecule has 1 aliphatic rings. The molecule has 0 N–H and O–H groups in total. The molecule has 0 heterocycles. The van der Waals surface area contributed by atoms with E-state index in [1.165, 1.54) is 19.3 Å². The lowest BCUT2D eigenvalue weighted by molar-refractivity contribution is 0.320. The predicted molar refractivity (Wildman–Crippen MR) is 59.6 cm³/mol. The van der Waals surface area contributed by atoms with E-state index in [9.17, 15) is 0 Å². The van der Waals surface area contributed by atoms with Gasteiger partial charge in [-0.05, 0) is 42.4 Å². The van der Waals surface area contributed by atoms with Crippen LogP contribution in [0.2, 0.25) is 0 Å². The second kappa shape index (κ2) is 3.86. The maximum absolute atomic E-state index is 3.98. The van der Waals surface area contributed by atoms with Gasteiger partial charge in [0.1, 0.15) is 0 Å². The van der Waals surface area contributed by atoms with Crippen LogP contribution in [0.5, 0.6) is 0 Å². The van der Waals surface area contributed by atoms with E-state index in [0.717, 1.165) is 17.8 Å². The van der Waals surface area contributed by atoms with Crippen molar-refractivity contribution in [2.24, 2.45) is 23.2 Å². The van der Waals surface area contributed by atoms with Crippen molar-refractivity contribution in [1.82, 2.24) is 0 Å². The molecule has 1 fully saturated rings. The van der Waals surface area contributed by atoms with Gasteiger partial charge in [0, 0.05) is 0 Å². The van der Waals surface area contributed by atoms with E-state index >= 15 is 0 Å². The fraction of sp³-hybridized carbons (Fsp3) is 0.846. The third-order valence-corrected chi connectivity index (χ3v) is 3.77. The summed E-state index contributed by atoms with van der Waals surface area (Å²) >= 11 is 0. The summed E-state index contributed by atoms with van der Waals surface area (Å²) in [7, 11) is 0. The van der Waals surface area contributed by atoms with Gasteiger partial charge >= 0.3 is 0 Å². The average molecular weight is 180 g/mol. The van der Waals surface area contributed by atoms with Crippen LogP contribution in [0.25, 0.3) is 0 Å². The molecule has 0 saturated heterocycles. The largest absolute Gasteiger partial charge is 0.103 e. The molecule has 0 spiro atoms. The molecule has 0 bridgehead atoms. The first-order valence-corrected chi connectivity index (χ1v) is 5.67. The van der Waals surface area contributed by atoms with Gasteiger partial charge in [-0.2, -0.15) is 0 Å². The molecule has 1 rings (SSSR count). The van der Waals surface area contributed by atoms with E-state index in [2.05, 4.69) is 40.3 Å². The summed E-state index contributed by atoms with van der Waals surface area (Å²) in [6.45, 7) is 13.3. The van der Waals surface area contributed by atoms with Gasteiger partial charge in [0.05, 0.1) is 0 Å². The summed E-state index contributed by atoms with van der Waals surface area (Å²) in [4.78, 5) is 0. The lowest BCUT2D eigenvalue weighted by atomic mass is 9.81. The Hall–Kier alpha value is -0.260. The molecular weight excluding hydrogens is 156 g/mol. The monoisotopic (exact) mass is 180 g/mol. The lowest BCUT2D eigenvalue weighted by Crippen LogP contribution is -2.15. The zero-order valence-corrected chi connectivity index (χ0v) is 9.64. The number of allylic oxidation sites excluding steroid dienone is 1. The maximum atomic E-state index is 3.98. The van der Waals surface area contributed by atoms with E-state index in [1.807, 2.05) is 0 Å². The van der Waals surface area contributed by atoms with E-state index in [1.54, 1.807) is 0 Å². The smallest absolute Gasteiger partial charge is 0.0121 e. The molecule has 0 aromatic heterocycles. The molecule has 0 radical (unpaired) electrons. The quantitative estimate of drug-likeness (QED) is 0.554. The summed E-state index contributed by atoms with van der Waals surface area (Å²) in [6, 6.07) is 0. The van der Waals surface area contributed by atoms with Crippen molar-refractivity contribution >= 4 is 0 Å². The second-order valence-corrected chi connectivity index (χ2v) is 5.30. The molecule has 3 unspecified atom stereocenters. The first-order chi connectivity index (χ1) is 6.03. The SMILES string of the molecule is C=CC(C)(CC)C1CC1CC(C)C. The number of rotatable bonds is 5. The van der Waals surface area contributed by atoms with Gasteiger partial charge in [0.2, 0.25) is 0 Å². The fourth-order valence-corrected chi connectivity index (χ4v) is 2.48. The molecule has 0 amide bonds. The highest BCUT2D eigenvalue weighted by molar-refractivity contribution is 5.05. The molecule has 0 aliphatic heterocycles. The van der Waals surface area contributed by atoms with Crippen LogP contribution in [0, 0.1) is 23.2 Å². The molecular formula is C13H24. The Morgan fingerprint density at radius 2 is 2.15 bits per heavy atom. The van der Waals surface area contributed by atoms with Gasteiger partial charge < -0.3 is 0 Å². The van der Waals surface area contributed by atoms with Crippen LogP contribution in [-0.2, 0) is 0 Å². The van der Waals surface area contributed by atoms with Crippen molar-refractivity contribution in [3.63, 3.8) is 0 Å². The minimum atomic E-state index is 0.416. The summed E-state index contributed by atoms with van der Waals surface area (Å²) in [5.74, 6) is 2.78. The van der Waals surface area contributed by atoms with Crippen LogP contribution in [0.1, 0.15) is 47.0 Å². The normalized spacial score (nSPS) is 31.5. The Balaban J connectivity index is 2.44. The Morgan fingerprint density at radius 3 is 2.54 bits per heavy atom. The summed E-state index contributed by atoms with van der Waals surface area (Å²) in [6.07, 6.45) is 6.27. The molecule has 13 heavy (non-hydrogen) atoms. The number of hydrogen-bond donors (Lipinski definition) is 0. The molecule has 76 valence electrons. The zero-order chi connectivity index (χ0) is 10.1. The molecule has 0 aromatic rings. The summed E-state index contributed by atoms with van der Waals surface area (Å²) in [5, 5.41) is 0. The minimum absolute atomic E-state index is 0.416. The highest BCUT2D eigenvalue weighted by atomic mass is 14.5. The van der Waals surface area contributed by atoms with Gasteiger partial charge in [0.15, 0.2) is 0 Å². The Bertz CT molecular complexity index is 180. The third-order valence-electron chi connectivity index (χ3n) is 3.77. The van der Waals surface area contributed by atoms with Crippen molar-refractivity contribution in [1.29, 1.82) is 0 Å². The molecule has 0 nitrogen and oxygen atoms in total. The predicted octanol–water partition coefficient (Wildman–Crippen LogP) is 4.27.